The van der Waals surface area contributed by atoms with E-state index in [4.69, 9.17) is 4.98 Å². The number of anilines is 1. The molecule has 0 amide bonds. The predicted octanol–water partition coefficient (Wildman–Crippen LogP) is 7.08. The Morgan fingerprint density at radius 3 is 1.89 bits per heavy atom. The molecule has 0 atom stereocenters. The van der Waals surface area contributed by atoms with Crippen LogP contribution in [0.1, 0.15) is 22.4 Å². The summed E-state index contributed by atoms with van der Waals surface area (Å²) in [5.41, 5.74) is 4.34. The first-order chi connectivity index (χ1) is 17.7. The van der Waals surface area contributed by atoms with E-state index in [1.165, 1.54) is 17.4 Å². The van der Waals surface area contributed by atoms with Crippen LogP contribution in [-0.2, 0) is 12.1 Å². The summed E-state index contributed by atoms with van der Waals surface area (Å²) in [7, 11) is 0. The van der Waals surface area contributed by atoms with Gasteiger partial charge in [0.1, 0.15) is 11.4 Å². The first-order valence-corrected chi connectivity index (χ1v) is 12.6. The van der Waals surface area contributed by atoms with Gasteiger partial charge in [0.15, 0.2) is 5.13 Å². The first-order valence-electron chi connectivity index (χ1n) is 11.7. The maximum atomic E-state index is 14.1. The molecule has 6 heteroatoms. The highest BCUT2D eigenvalue weighted by Crippen LogP contribution is 2.40. The third-order valence-corrected chi connectivity index (χ3v) is 7.42. The highest BCUT2D eigenvalue weighted by molar-refractivity contribution is 7.22. The van der Waals surface area contributed by atoms with Crippen LogP contribution in [0.4, 0.5) is 9.52 Å². The fourth-order valence-corrected chi connectivity index (χ4v) is 5.65. The van der Waals surface area contributed by atoms with Crippen LogP contribution >= 0.6 is 11.3 Å². The zero-order chi connectivity index (χ0) is 24.4. The van der Waals surface area contributed by atoms with Gasteiger partial charge in [-0.3, -0.25) is 0 Å². The number of aromatic nitrogens is 3. The average molecular weight is 491 g/mol. The van der Waals surface area contributed by atoms with Crippen LogP contribution in [0.2, 0.25) is 0 Å². The molecule has 0 unspecified atom stereocenters. The molecule has 6 rings (SSSR count). The van der Waals surface area contributed by atoms with Crippen LogP contribution < -0.4 is 5.32 Å². The van der Waals surface area contributed by atoms with Crippen molar-refractivity contribution < 1.29 is 4.39 Å². The summed E-state index contributed by atoms with van der Waals surface area (Å²) in [6.07, 6.45) is 3.97. The SMILES string of the molecule is Fc1cccc2nc(NCc3cn(C(c4ccccc4)(c4ccccc4)c4ccccc4)cn3)sc12. The van der Waals surface area contributed by atoms with Gasteiger partial charge in [-0.2, -0.15) is 0 Å². The Kier molecular flexibility index (Phi) is 5.79. The number of hydrogen-bond donors (Lipinski definition) is 1. The number of imidazole rings is 1. The largest absolute Gasteiger partial charge is 0.356 e. The fourth-order valence-electron chi connectivity index (χ4n) is 4.78. The number of rotatable bonds is 7. The van der Waals surface area contributed by atoms with Crippen molar-refractivity contribution in [3.05, 3.63) is 150 Å². The van der Waals surface area contributed by atoms with Gasteiger partial charge < -0.3 is 9.88 Å². The van der Waals surface area contributed by atoms with Gasteiger partial charge in [0, 0.05) is 6.20 Å². The average Bonchev–Trinajstić information content (AvgIpc) is 3.58. The van der Waals surface area contributed by atoms with Gasteiger partial charge in [-0.25, -0.2) is 14.4 Å². The van der Waals surface area contributed by atoms with Crippen molar-refractivity contribution in [2.75, 3.05) is 5.32 Å². The molecule has 0 spiro atoms. The van der Waals surface area contributed by atoms with Gasteiger partial charge in [0.2, 0.25) is 0 Å². The Morgan fingerprint density at radius 1 is 0.750 bits per heavy atom. The van der Waals surface area contributed by atoms with Gasteiger partial charge in [-0.1, -0.05) is 108 Å². The maximum Gasteiger partial charge on any atom is 0.184 e. The summed E-state index contributed by atoms with van der Waals surface area (Å²) in [6.45, 7) is 0.475. The Hall–Kier alpha value is -4.29. The van der Waals surface area contributed by atoms with Gasteiger partial charge in [-0.15, -0.1) is 0 Å². The molecular formula is C30H23FN4S. The van der Waals surface area contributed by atoms with E-state index in [0.29, 0.717) is 21.9 Å². The molecule has 36 heavy (non-hydrogen) atoms. The second-order valence-corrected chi connectivity index (χ2v) is 9.54. The number of nitrogens with zero attached hydrogens (tertiary/aromatic N) is 3. The number of fused-ring (bicyclic) bond motifs is 1. The van der Waals surface area contributed by atoms with Crippen molar-refractivity contribution in [2.24, 2.45) is 0 Å². The van der Waals surface area contributed by atoms with Gasteiger partial charge in [0.05, 0.1) is 28.8 Å². The molecular weight excluding hydrogens is 467 g/mol. The van der Waals surface area contributed by atoms with Crippen molar-refractivity contribution in [1.29, 1.82) is 0 Å². The molecule has 2 heterocycles. The Bertz CT molecular complexity index is 1500. The van der Waals surface area contributed by atoms with E-state index in [1.807, 2.05) is 30.6 Å². The molecule has 6 aromatic rings. The van der Waals surface area contributed by atoms with E-state index in [-0.39, 0.29) is 5.82 Å². The van der Waals surface area contributed by atoms with Crippen LogP contribution in [0.25, 0.3) is 10.2 Å². The first kappa shape index (κ1) is 22.2. The maximum absolute atomic E-state index is 14.1. The molecule has 0 fully saturated rings. The minimum atomic E-state index is -0.603. The van der Waals surface area contributed by atoms with Crippen LogP contribution in [0.5, 0.6) is 0 Å². The zero-order valence-electron chi connectivity index (χ0n) is 19.4. The smallest absolute Gasteiger partial charge is 0.184 e. The lowest BCUT2D eigenvalue weighted by Crippen LogP contribution is -2.36. The fraction of sp³-hybridized carbons (Fsp3) is 0.0667. The van der Waals surface area contributed by atoms with E-state index in [2.05, 4.69) is 93.9 Å². The van der Waals surface area contributed by atoms with Crippen LogP contribution in [-0.4, -0.2) is 14.5 Å². The van der Waals surface area contributed by atoms with E-state index < -0.39 is 5.54 Å². The van der Waals surface area contributed by atoms with Crippen molar-refractivity contribution in [3.63, 3.8) is 0 Å². The topological polar surface area (TPSA) is 42.7 Å². The monoisotopic (exact) mass is 490 g/mol. The summed E-state index contributed by atoms with van der Waals surface area (Å²) in [5, 5.41) is 4.00. The molecule has 0 saturated heterocycles. The lowest BCUT2D eigenvalue weighted by Gasteiger charge is -2.37. The number of nitrogens with one attached hydrogen (secondary N) is 1. The van der Waals surface area contributed by atoms with Gasteiger partial charge in [-0.05, 0) is 28.8 Å². The minimum Gasteiger partial charge on any atom is -0.356 e. The lowest BCUT2D eigenvalue weighted by molar-refractivity contribution is 0.514. The highest BCUT2D eigenvalue weighted by atomic mass is 32.1. The zero-order valence-corrected chi connectivity index (χ0v) is 20.2. The summed E-state index contributed by atoms with van der Waals surface area (Å²) in [6, 6.07) is 36.5. The molecule has 0 saturated carbocycles. The number of hydrogen-bond acceptors (Lipinski definition) is 4. The summed E-state index contributed by atoms with van der Waals surface area (Å²) >= 11 is 1.31. The summed E-state index contributed by atoms with van der Waals surface area (Å²) in [4.78, 5) is 9.27. The van der Waals surface area contributed by atoms with Gasteiger partial charge in [0.25, 0.3) is 0 Å². The van der Waals surface area contributed by atoms with Crippen molar-refractivity contribution in [1.82, 2.24) is 14.5 Å². The normalized spacial score (nSPS) is 11.6. The second kappa shape index (κ2) is 9.40. The second-order valence-electron chi connectivity index (χ2n) is 8.54. The summed E-state index contributed by atoms with van der Waals surface area (Å²) in [5.74, 6) is -0.249. The van der Waals surface area contributed by atoms with Crippen molar-refractivity contribution >= 4 is 26.7 Å². The van der Waals surface area contributed by atoms with E-state index in [0.717, 1.165) is 22.4 Å². The Morgan fingerprint density at radius 2 is 1.33 bits per heavy atom. The highest BCUT2D eigenvalue weighted by Gasteiger charge is 2.38. The quantitative estimate of drug-likeness (QED) is 0.243. The van der Waals surface area contributed by atoms with Crippen LogP contribution in [0.3, 0.4) is 0 Å². The number of thiazole rings is 1. The molecule has 0 bridgehead atoms. The molecule has 0 aliphatic rings. The lowest BCUT2D eigenvalue weighted by atomic mass is 9.77. The Balaban J connectivity index is 1.42. The van der Waals surface area contributed by atoms with Crippen LogP contribution in [0.15, 0.2) is 122 Å². The molecule has 0 aliphatic carbocycles. The number of benzene rings is 4. The minimum absolute atomic E-state index is 0.249. The number of halogens is 1. The molecule has 176 valence electrons. The van der Waals surface area contributed by atoms with Crippen molar-refractivity contribution in [3.8, 4) is 0 Å². The predicted molar refractivity (Wildman–Crippen MR) is 144 cm³/mol. The molecule has 0 radical (unpaired) electrons. The standard InChI is InChI=1S/C30H23FN4S/c31-26-17-10-18-27-28(26)36-29(34-27)32-19-25-20-35(21-33-25)30(22-11-4-1-5-12-22,23-13-6-2-7-14-23)24-15-8-3-9-16-24/h1-18,20-21H,19H2,(H,32,34). The van der Waals surface area contributed by atoms with E-state index in [9.17, 15) is 4.39 Å². The molecule has 4 aromatic carbocycles. The summed E-state index contributed by atoms with van der Waals surface area (Å²) < 4.78 is 16.8. The van der Waals surface area contributed by atoms with E-state index >= 15 is 0 Å². The molecule has 0 aliphatic heterocycles. The molecule has 2 aromatic heterocycles. The third kappa shape index (κ3) is 3.85. The third-order valence-electron chi connectivity index (χ3n) is 6.39. The molecule has 1 N–H and O–H groups in total. The van der Waals surface area contributed by atoms with Gasteiger partial charge >= 0.3 is 0 Å². The van der Waals surface area contributed by atoms with Crippen LogP contribution in [0, 0.1) is 5.82 Å². The van der Waals surface area contributed by atoms with E-state index in [1.54, 1.807) is 6.07 Å². The molecule has 4 nitrogen and oxygen atoms in total. The Labute approximate surface area is 212 Å². The van der Waals surface area contributed by atoms with Crippen molar-refractivity contribution in [2.45, 2.75) is 12.1 Å².